The number of piperidine rings is 1. The maximum Gasteiger partial charge on any atom is 0.416 e. The zero-order chi connectivity index (χ0) is 36.2. The SMILES string of the molecule is CC[C@@H]1C[C@H](N(Cc2cc(C(F)(F)F)cc(C(F)(F)F)c2)c2ncc(Br)cn2)C[C@H](Cc2ccccc2)N1C(=O)C1CCC(CC(=O)O)CC1. The van der Waals surface area contributed by atoms with Gasteiger partial charge in [0.15, 0.2) is 0 Å². The number of carbonyl (C=O) groups is 2. The molecule has 1 aliphatic heterocycles. The molecule has 1 saturated carbocycles. The molecule has 0 bridgehead atoms. The molecule has 2 heterocycles. The second kappa shape index (κ2) is 15.7. The van der Waals surface area contributed by atoms with Gasteiger partial charge in [0.05, 0.1) is 15.6 Å². The Morgan fingerprint density at radius 3 is 2.00 bits per heavy atom. The molecular formula is C36H39BrF6N4O3. The molecule has 1 aromatic heterocycles. The first kappa shape index (κ1) is 37.6. The molecule has 7 nitrogen and oxygen atoms in total. The number of benzene rings is 2. The minimum atomic E-state index is -5.00. The Morgan fingerprint density at radius 1 is 0.880 bits per heavy atom. The number of halogens is 7. The van der Waals surface area contributed by atoms with Gasteiger partial charge in [0, 0.05) is 49.4 Å². The first-order chi connectivity index (χ1) is 23.6. The van der Waals surface area contributed by atoms with E-state index in [1.165, 1.54) is 12.4 Å². The van der Waals surface area contributed by atoms with Gasteiger partial charge in [0.1, 0.15) is 0 Å². The summed E-state index contributed by atoms with van der Waals surface area (Å²) in [4.78, 5) is 38.1. The number of aliphatic carboxylic acids is 1. The Balaban J connectivity index is 1.51. The van der Waals surface area contributed by atoms with Gasteiger partial charge in [-0.05, 0) is 103 Å². The van der Waals surface area contributed by atoms with Gasteiger partial charge in [-0.1, -0.05) is 37.3 Å². The molecule has 5 rings (SSSR count). The van der Waals surface area contributed by atoms with Crippen molar-refractivity contribution >= 4 is 33.8 Å². The molecule has 1 aliphatic carbocycles. The third-order valence-electron chi connectivity index (χ3n) is 9.88. The van der Waals surface area contributed by atoms with Gasteiger partial charge >= 0.3 is 18.3 Å². The van der Waals surface area contributed by atoms with Crippen molar-refractivity contribution in [1.82, 2.24) is 14.9 Å². The number of hydrogen-bond donors (Lipinski definition) is 1. The second-order valence-corrected chi connectivity index (χ2v) is 14.3. The molecule has 2 aromatic carbocycles. The Morgan fingerprint density at radius 2 is 1.46 bits per heavy atom. The minimum Gasteiger partial charge on any atom is -0.481 e. The number of amides is 1. The van der Waals surface area contributed by atoms with Gasteiger partial charge in [-0.2, -0.15) is 26.3 Å². The molecule has 0 radical (unpaired) electrons. The Bertz CT molecular complexity index is 1580. The van der Waals surface area contributed by atoms with E-state index in [0.717, 1.165) is 17.7 Å². The largest absolute Gasteiger partial charge is 0.481 e. The number of rotatable bonds is 10. The van der Waals surface area contributed by atoms with Crippen molar-refractivity contribution in [2.24, 2.45) is 11.8 Å². The number of likely N-dealkylation sites (tertiary alicyclic amines) is 1. The van der Waals surface area contributed by atoms with Crippen molar-refractivity contribution in [2.45, 2.75) is 102 Å². The number of carboxylic acids is 1. The number of hydrogen-bond acceptors (Lipinski definition) is 5. The monoisotopic (exact) mass is 768 g/mol. The van der Waals surface area contributed by atoms with Crippen LogP contribution in [0.4, 0.5) is 32.3 Å². The molecule has 3 atom stereocenters. The Hall–Kier alpha value is -3.68. The van der Waals surface area contributed by atoms with E-state index in [0.29, 0.717) is 55.8 Å². The van der Waals surface area contributed by atoms with Crippen LogP contribution in [0.2, 0.25) is 0 Å². The molecular weight excluding hydrogens is 730 g/mol. The zero-order valence-corrected chi connectivity index (χ0v) is 29.0. The van der Waals surface area contributed by atoms with E-state index in [4.69, 9.17) is 0 Å². The highest BCUT2D eigenvalue weighted by atomic mass is 79.9. The number of anilines is 1. The van der Waals surface area contributed by atoms with Crippen LogP contribution in [-0.2, 0) is 34.9 Å². The molecule has 1 N–H and O–H groups in total. The van der Waals surface area contributed by atoms with E-state index >= 15 is 0 Å². The lowest BCUT2D eigenvalue weighted by Gasteiger charge is -2.49. The third kappa shape index (κ3) is 9.35. The van der Waals surface area contributed by atoms with Gasteiger partial charge in [0.25, 0.3) is 0 Å². The summed E-state index contributed by atoms with van der Waals surface area (Å²) in [5.41, 5.74) is -2.00. The quantitative estimate of drug-likeness (QED) is 0.208. The van der Waals surface area contributed by atoms with Gasteiger partial charge < -0.3 is 14.9 Å². The van der Waals surface area contributed by atoms with Gasteiger partial charge in [-0.15, -0.1) is 0 Å². The Labute approximate surface area is 295 Å². The van der Waals surface area contributed by atoms with Crippen LogP contribution in [0.3, 0.4) is 0 Å². The smallest absolute Gasteiger partial charge is 0.416 e. The molecule has 1 amide bonds. The van der Waals surface area contributed by atoms with E-state index in [-0.39, 0.29) is 60.4 Å². The Kier molecular flexibility index (Phi) is 11.8. The minimum absolute atomic E-state index is 0.00384. The van der Waals surface area contributed by atoms with Crippen LogP contribution < -0.4 is 4.90 Å². The summed E-state index contributed by atoms with van der Waals surface area (Å²) >= 11 is 3.30. The highest BCUT2D eigenvalue weighted by molar-refractivity contribution is 9.10. The highest BCUT2D eigenvalue weighted by Gasteiger charge is 2.43. The van der Waals surface area contributed by atoms with Crippen molar-refractivity contribution in [3.63, 3.8) is 0 Å². The van der Waals surface area contributed by atoms with Crippen molar-refractivity contribution in [2.75, 3.05) is 4.90 Å². The lowest BCUT2D eigenvalue weighted by atomic mass is 9.78. The first-order valence-corrected chi connectivity index (χ1v) is 17.5. The van der Waals surface area contributed by atoms with Crippen LogP contribution in [0.5, 0.6) is 0 Å². The van der Waals surface area contributed by atoms with Crippen molar-refractivity contribution in [1.29, 1.82) is 0 Å². The highest BCUT2D eigenvalue weighted by Crippen LogP contribution is 2.40. The maximum absolute atomic E-state index is 14.3. The van der Waals surface area contributed by atoms with Crippen molar-refractivity contribution in [3.8, 4) is 0 Å². The molecule has 270 valence electrons. The lowest BCUT2D eigenvalue weighted by molar-refractivity contribution is -0.145. The van der Waals surface area contributed by atoms with Gasteiger partial charge in [0.2, 0.25) is 11.9 Å². The van der Waals surface area contributed by atoms with Crippen LogP contribution in [0.1, 0.15) is 80.5 Å². The average molecular weight is 770 g/mol. The number of nitrogens with zero attached hydrogens (tertiary/aromatic N) is 4. The average Bonchev–Trinajstić information content (AvgIpc) is 3.06. The summed E-state index contributed by atoms with van der Waals surface area (Å²) in [5.74, 6) is -0.939. The van der Waals surface area contributed by atoms with Crippen molar-refractivity contribution < 1.29 is 41.0 Å². The van der Waals surface area contributed by atoms with E-state index in [1.807, 2.05) is 42.2 Å². The summed E-state index contributed by atoms with van der Waals surface area (Å²) < 4.78 is 83.5. The predicted octanol–water partition coefficient (Wildman–Crippen LogP) is 8.95. The van der Waals surface area contributed by atoms with Crippen LogP contribution in [0.15, 0.2) is 65.4 Å². The predicted molar refractivity (Wildman–Crippen MR) is 178 cm³/mol. The van der Waals surface area contributed by atoms with Crippen LogP contribution in [0, 0.1) is 11.8 Å². The standard InChI is InChI=1S/C36H39BrF6N4O3/c1-2-29-17-30(18-31(14-22-6-4-3-5-7-22)47(29)33(50)25-10-8-23(9-11-25)15-32(48)49)46(34-44-19-28(37)20-45-34)21-24-12-26(35(38,39)40)16-27(13-24)36(41,42)43/h3-7,12-13,16,19-20,23,25,29-31H,2,8-11,14-15,17-18,21H2,1H3,(H,48,49)/t23?,25?,29-,30+,31+/m1/s1. The molecule has 50 heavy (non-hydrogen) atoms. The summed E-state index contributed by atoms with van der Waals surface area (Å²) in [6.45, 7) is 1.63. The normalized spacial score (nSPS) is 23.0. The van der Waals surface area contributed by atoms with E-state index < -0.39 is 35.5 Å². The van der Waals surface area contributed by atoms with E-state index in [9.17, 15) is 41.0 Å². The van der Waals surface area contributed by atoms with Crippen molar-refractivity contribution in [3.05, 3.63) is 87.7 Å². The number of aromatic nitrogens is 2. The summed E-state index contributed by atoms with van der Waals surface area (Å²) in [6.07, 6.45) is -2.70. The topological polar surface area (TPSA) is 86.6 Å². The zero-order valence-electron chi connectivity index (χ0n) is 27.4. The van der Waals surface area contributed by atoms with Crippen LogP contribution >= 0.6 is 15.9 Å². The third-order valence-corrected chi connectivity index (χ3v) is 10.3. The fourth-order valence-corrected chi connectivity index (χ4v) is 7.70. The van der Waals surface area contributed by atoms with E-state index in [1.54, 1.807) is 4.90 Å². The maximum atomic E-state index is 14.3. The summed E-state index contributed by atoms with van der Waals surface area (Å²) in [5, 5.41) is 9.25. The number of alkyl halides is 6. The molecule has 3 aromatic rings. The van der Waals surface area contributed by atoms with Crippen LogP contribution in [-0.4, -0.2) is 50.0 Å². The molecule has 0 unspecified atom stereocenters. The second-order valence-electron chi connectivity index (χ2n) is 13.3. The summed E-state index contributed by atoms with van der Waals surface area (Å²) in [6, 6.07) is 10.1. The number of carboxylic acid groups (broad SMARTS) is 1. The first-order valence-electron chi connectivity index (χ1n) is 16.7. The molecule has 1 saturated heterocycles. The molecule has 2 fully saturated rings. The molecule has 14 heteroatoms. The van der Waals surface area contributed by atoms with E-state index in [2.05, 4.69) is 25.9 Å². The lowest BCUT2D eigenvalue weighted by Crippen LogP contribution is -2.59. The fraction of sp³-hybridized carbons (Fsp3) is 0.500. The summed E-state index contributed by atoms with van der Waals surface area (Å²) in [7, 11) is 0. The number of carbonyl (C=O) groups excluding carboxylic acids is 1. The van der Waals surface area contributed by atoms with Crippen LogP contribution in [0.25, 0.3) is 0 Å². The fourth-order valence-electron chi connectivity index (χ4n) is 7.49. The molecule has 0 spiro atoms. The molecule has 2 aliphatic rings. The van der Waals surface area contributed by atoms with Gasteiger partial charge in [-0.25, -0.2) is 9.97 Å². The van der Waals surface area contributed by atoms with Gasteiger partial charge in [-0.3, -0.25) is 9.59 Å².